The molecule has 1 unspecified atom stereocenters. The SMILES string of the molecule is CC(C)CCCCCCC(OP(O)O)c1ccccc1-c1ccccc1. The summed E-state index contributed by atoms with van der Waals surface area (Å²) in [4.78, 5) is 18.9. The topological polar surface area (TPSA) is 49.7 Å². The maximum Gasteiger partial charge on any atom is 0.327 e. The first-order valence-corrected chi connectivity index (χ1v) is 10.7. The normalized spacial score (nSPS) is 12.7. The minimum absolute atomic E-state index is 0.294. The van der Waals surface area contributed by atoms with Crippen molar-refractivity contribution in [3.05, 3.63) is 60.2 Å². The maximum absolute atomic E-state index is 9.45. The predicted octanol–water partition coefficient (Wildman–Crippen LogP) is 6.62. The fraction of sp³-hybridized carbons (Fsp3) is 0.455. The molecule has 2 N–H and O–H groups in total. The molecule has 2 rings (SSSR count). The second kappa shape index (κ2) is 11.5. The van der Waals surface area contributed by atoms with Crippen molar-refractivity contribution in [3.63, 3.8) is 0 Å². The fourth-order valence-corrected chi connectivity index (χ4v) is 3.72. The van der Waals surface area contributed by atoms with Gasteiger partial charge < -0.3 is 14.3 Å². The van der Waals surface area contributed by atoms with Crippen LogP contribution >= 0.6 is 8.60 Å². The number of hydrogen-bond donors (Lipinski definition) is 2. The molecule has 0 spiro atoms. The molecule has 0 aliphatic heterocycles. The van der Waals surface area contributed by atoms with Crippen molar-refractivity contribution in [1.29, 1.82) is 0 Å². The van der Waals surface area contributed by atoms with Crippen LogP contribution in [0.25, 0.3) is 11.1 Å². The average molecular weight is 374 g/mol. The van der Waals surface area contributed by atoms with Crippen LogP contribution in [0.1, 0.15) is 64.0 Å². The predicted molar refractivity (Wildman–Crippen MR) is 110 cm³/mol. The van der Waals surface area contributed by atoms with Crippen molar-refractivity contribution < 1.29 is 14.3 Å². The molecular formula is C22H31O3P. The van der Waals surface area contributed by atoms with Gasteiger partial charge in [-0.2, -0.15) is 0 Å². The lowest BCUT2D eigenvalue weighted by Gasteiger charge is -2.21. The Bertz CT molecular complexity index is 628. The van der Waals surface area contributed by atoms with Crippen LogP contribution in [0.3, 0.4) is 0 Å². The van der Waals surface area contributed by atoms with E-state index in [-0.39, 0.29) is 6.10 Å². The third kappa shape index (κ3) is 7.17. The van der Waals surface area contributed by atoms with Gasteiger partial charge >= 0.3 is 8.60 Å². The molecule has 0 aromatic heterocycles. The highest BCUT2D eigenvalue weighted by atomic mass is 31.2. The molecule has 0 aliphatic carbocycles. The summed E-state index contributed by atoms with van der Waals surface area (Å²) in [5.41, 5.74) is 3.24. The van der Waals surface area contributed by atoms with E-state index in [1.807, 2.05) is 36.4 Å². The fourth-order valence-electron chi connectivity index (χ4n) is 3.27. The van der Waals surface area contributed by atoms with Gasteiger partial charge in [-0.25, -0.2) is 0 Å². The van der Waals surface area contributed by atoms with Crippen molar-refractivity contribution in [2.24, 2.45) is 5.92 Å². The molecular weight excluding hydrogens is 343 g/mol. The van der Waals surface area contributed by atoms with E-state index >= 15 is 0 Å². The van der Waals surface area contributed by atoms with Crippen LogP contribution in [0.4, 0.5) is 0 Å². The molecule has 0 radical (unpaired) electrons. The second-order valence-electron chi connectivity index (χ2n) is 7.19. The Hall–Kier alpha value is -1.25. The average Bonchev–Trinajstić information content (AvgIpc) is 2.64. The second-order valence-corrected chi connectivity index (χ2v) is 7.90. The number of rotatable bonds is 11. The van der Waals surface area contributed by atoms with Crippen molar-refractivity contribution in [2.75, 3.05) is 0 Å². The van der Waals surface area contributed by atoms with Crippen LogP contribution < -0.4 is 0 Å². The Balaban J connectivity index is 2.05. The highest BCUT2D eigenvalue weighted by molar-refractivity contribution is 7.39. The zero-order valence-corrected chi connectivity index (χ0v) is 16.7. The third-order valence-corrected chi connectivity index (χ3v) is 5.05. The molecule has 3 nitrogen and oxygen atoms in total. The Morgan fingerprint density at radius 1 is 0.808 bits per heavy atom. The van der Waals surface area contributed by atoms with E-state index in [0.29, 0.717) is 0 Å². The third-order valence-electron chi connectivity index (χ3n) is 4.61. The highest BCUT2D eigenvalue weighted by Gasteiger charge is 2.19. The molecule has 0 fully saturated rings. The summed E-state index contributed by atoms with van der Waals surface area (Å²) in [6.07, 6.45) is 6.43. The van der Waals surface area contributed by atoms with E-state index in [2.05, 4.69) is 32.0 Å². The van der Waals surface area contributed by atoms with Gasteiger partial charge in [0.15, 0.2) is 0 Å². The first-order chi connectivity index (χ1) is 12.6. The lowest BCUT2D eigenvalue weighted by Crippen LogP contribution is -2.04. The Morgan fingerprint density at radius 3 is 2.08 bits per heavy atom. The first-order valence-electron chi connectivity index (χ1n) is 9.57. The van der Waals surface area contributed by atoms with E-state index in [1.54, 1.807) is 0 Å². The summed E-state index contributed by atoms with van der Waals surface area (Å²) >= 11 is 0. The molecule has 1 atom stereocenters. The smallest absolute Gasteiger partial charge is 0.327 e. The van der Waals surface area contributed by atoms with E-state index in [1.165, 1.54) is 19.3 Å². The summed E-state index contributed by atoms with van der Waals surface area (Å²) < 4.78 is 5.52. The van der Waals surface area contributed by atoms with Crippen molar-refractivity contribution in [1.82, 2.24) is 0 Å². The lowest BCUT2D eigenvalue weighted by molar-refractivity contribution is 0.161. The van der Waals surface area contributed by atoms with Crippen LogP contribution in [0, 0.1) is 5.92 Å². The molecule has 4 heteroatoms. The number of hydrogen-bond acceptors (Lipinski definition) is 3. The van der Waals surface area contributed by atoms with Gasteiger partial charge in [0.25, 0.3) is 0 Å². The number of benzene rings is 2. The van der Waals surface area contributed by atoms with Crippen molar-refractivity contribution in [2.45, 2.75) is 58.5 Å². The van der Waals surface area contributed by atoms with E-state index < -0.39 is 8.60 Å². The van der Waals surface area contributed by atoms with E-state index in [4.69, 9.17) is 4.52 Å². The zero-order chi connectivity index (χ0) is 18.8. The lowest BCUT2D eigenvalue weighted by atomic mass is 9.93. The molecule has 2 aromatic rings. The van der Waals surface area contributed by atoms with Gasteiger partial charge in [0.1, 0.15) is 0 Å². The van der Waals surface area contributed by atoms with Gasteiger partial charge in [0.2, 0.25) is 0 Å². The maximum atomic E-state index is 9.45. The van der Waals surface area contributed by atoms with Gasteiger partial charge in [-0.1, -0.05) is 101 Å². The van der Waals surface area contributed by atoms with Crippen LogP contribution in [0.15, 0.2) is 54.6 Å². The van der Waals surface area contributed by atoms with E-state index in [0.717, 1.165) is 41.9 Å². The van der Waals surface area contributed by atoms with Gasteiger partial charge in [-0.15, -0.1) is 0 Å². The minimum Gasteiger partial charge on any atom is -0.328 e. The van der Waals surface area contributed by atoms with Gasteiger partial charge in [0.05, 0.1) is 6.10 Å². The Morgan fingerprint density at radius 2 is 1.42 bits per heavy atom. The summed E-state index contributed by atoms with van der Waals surface area (Å²) in [5.74, 6) is 0.760. The molecule has 26 heavy (non-hydrogen) atoms. The molecule has 142 valence electrons. The summed E-state index contributed by atoms with van der Waals surface area (Å²) in [6, 6.07) is 18.3. The molecule has 0 saturated heterocycles. The van der Waals surface area contributed by atoms with Crippen LogP contribution in [0.2, 0.25) is 0 Å². The van der Waals surface area contributed by atoms with Gasteiger partial charge in [-0.05, 0) is 29.0 Å². The van der Waals surface area contributed by atoms with Crippen LogP contribution in [-0.4, -0.2) is 9.79 Å². The molecule has 0 heterocycles. The monoisotopic (exact) mass is 374 g/mol. The molecule has 0 aliphatic rings. The summed E-state index contributed by atoms with van der Waals surface area (Å²) in [5, 5.41) is 0. The van der Waals surface area contributed by atoms with Crippen LogP contribution in [0.5, 0.6) is 0 Å². The highest BCUT2D eigenvalue weighted by Crippen LogP contribution is 2.40. The minimum atomic E-state index is -2.38. The molecule has 0 bridgehead atoms. The zero-order valence-electron chi connectivity index (χ0n) is 15.8. The first kappa shape index (κ1) is 21.1. The van der Waals surface area contributed by atoms with Gasteiger partial charge in [-0.3, -0.25) is 0 Å². The summed E-state index contributed by atoms with van der Waals surface area (Å²) in [6.45, 7) is 4.52. The summed E-state index contributed by atoms with van der Waals surface area (Å²) in [7, 11) is -2.38. The largest absolute Gasteiger partial charge is 0.328 e. The van der Waals surface area contributed by atoms with Gasteiger partial charge in [0, 0.05) is 0 Å². The number of unbranched alkanes of at least 4 members (excludes halogenated alkanes) is 3. The quantitative estimate of drug-likeness (QED) is 0.343. The van der Waals surface area contributed by atoms with Crippen molar-refractivity contribution in [3.8, 4) is 11.1 Å². The van der Waals surface area contributed by atoms with E-state index in [9.17, 15) is 9.79 Å². The molecule has 0 amide bonds. The standard InChI is InChI=1S/C22H31O3P/c1-18(2)12-6-3-4-9-17-22(25-26(23)24)21-16-11-10-15-20(21)19-13-7-5-8-14-19/h5,7-8,10-11,13-16,18,22-24H,3-4,6,9,12,17H2,1-2H3. The van der Waals surface area contributed by atoms with Crippen LogP contribution in [-0.2, 0) is 4.52 Å². The van der Waals surface area contributed by atoms with Crippen molar-refractivity contribution >= 4 is 8.60 Å². The molecule has 0 saturated carbocycles. The Kier molecular flexibility index (Phi) is 9.28. The Labute approximate surface area is 159 Å². The molecule has 2 aromatic carbocycles.